The van der Waals surface area contributed by atoms with Gasteiger partial charge in [-0.25, -0.2) is 0 Å². The van der Waals surface area contributed by atoms with Crippen LogP contribution in [-0.4, -0.2) is 22.0 Å². The van der Waals surface area contributed by atoms with Crippen LogP contribution in [0.15, 0.2) is 30.0 Å². The van der Waals surface area contributed by atoms with Crippen LogP contribution >= 0.6 is 23.8 Å². The number of halogens is 1. The Labute approximate surface area is 135 Å². The van der Waals surface area contributed by atoms with E-state index in [-0.39, 0.29) is 11.9 Å². The molecule has 1 saturated heterocycles. The number of carbonyl (C=O) groups is 1. The predicted octanol–water partition coefficient (Wildman–Crippen LogP) is 3.73. The molecule has 1 aliphatic heterocycles. The fourth-order valence-corrected chi connectivity index (χ4v) is 3.50. The van der Waals surface area contributed by atoms with Gasteiger partial charge >= 0.3 is 0 Å². The standard InChI is InChI=1S/C16H17ClN2OS/c17-13-9-5-4-6-11(13)10-14-15(20)19(16(21)18-14)12-7-2-1-3-8-12/h4-6,9-10,12H,1-3,7-8H2,(H,18,21)/b14-10-. The van der Waals surface area contributed by atoms with E-state index in [4.69, 9.17) is 23.8 Å². The second-order valence-corrected chi connectivity index (χ2v) is 6.27. The van der Waals surface area contributed by atoms with Gasteiger partial charge in [-0.2, -0.15) is 0 Å². The molecule has 1 heterocycles. The molecule has 2 aliphatic rings. The molecule has 1 aromatic rings. The second-order valence-electron chi connectivity index (χ2n) is 5.48. The number of hydrogen-bond acceptors (Lipinski definition) is 2. The number of benzene rings is 1. The minimum atomic E-state index is -0.0354. The van der Waals surface area contributed by atoms with Crippen molar-refractivity contribution in [2.24, 2.45) is 0 Å². The average Bonchev–Trinajstić information content (AvgIpc) is 2.77. The van der Waals surface area contributed by atoms with Crippen LogP contribution in [0.25, 0.3) is 6.08 Å². The Kier molecular flexibility index (Phi) is 4.27. The van der Waals surface area contributed by atoms with Crippen molar-refractivity contribution in [2.75, 3.05) is 0 Å². The Morgan fingerprint density at radius 1 is 1.24 bits per heavy atom. The Morgan fingerprint density at radius 3 is 2.67 bits per heavy atom. The van der Waals surface area contributed by atoms with Crippen LogP contribution in [0.3, 0.4) is 0 Å². The van der Waals surface area contributed by atoms with E-state index >= 15 is 0 Å². The van der Waals surface area contributed by atoms with Crippen LogP contribution in [-0.2, 0) is 4.79 Å². The molecule has 0 bridgehead atoms. The van der Waals surface area contributed by atoms with Gasteiger partial charge in [0.25, 0.3) is 5.91 Å². The minimum absolute atomic E-state index is 0.0354. The molecule has 3 nitrogen and oxygen atoms in total. The topological polar surface area (TPSA) is 32.3 Å². The van der Waals surface area contributed by atoms with E-state index in [1.54, 1.807) is 11.0 Å². The molecular weight excluding hydrogens is 304 g/mol. The first-order valence-corrected chi connectivity index (χ1v) is 8.06. The van der Waals surface area contributed by atoms with E-state index in [1.165, 1.54) is 19.3 Å². The van der Waals surface area contributed by atoms with Crippen molar-refractivity contribution in [2.45, 2.75) is 38.1 Å². The largest absolute Gasteiger partial charge is 0.328 e. The molecule has 3 rings (SSSR count). The molecule has 5 heteroatoms. The maximum atomic E-state index is 12.6. The van der Waals surface area contributed by atoms with Crippen LogP contribution in [0.1, 0.15) is 37.7 Å². The summed E-state index contributed by atoms with van der Waals surface area (Å²) in [6.45, 7) is 0. The van der Waals surface area contributed by atoms with E-state index in [9.17, 15) is 4.79 Å². The van der Waals surface area contributed by atoms with Gasteiger partial charge in [0.1, 0.15) is 5.70 Å². The maximum Gasteiger partial charge on any atom is 0.276 e. The van der Waals surface area contributed by atoms with Crippen molar-refractivity contribution in [3.63, 3.8) is 0 Å². The fraction of sp³-hybridized carbons (Fsp3) is 0.375. The fourth-order valence-electron chi connectivity index (χ4n) is 2.97. The van der Waals surface area contributed by atoms with Gasteiger partial charge in [0, 0.05) is 11.1 Å². The predicted molar refractivity (Wildman–Crippen MR) is 88.9 cm³/mol. The highest BCUT2D eigenvalue weighted by molar-refractivity contribution is 7.80. The van der Waals surface area contributed by atoms with E-state index in [0.717, 1.165) is 18.4 Å². The molecule has 0 unspecified atom stereocenters. The summed E-state index contributed by atoms with van der Waals surface area (Å²) in [5.74, 6) is -0.0354. The molecule has 1 N–H and O–H groups in total. The number of nitrogens with zero attached hydrogens (tertiary/aromatic N) is 1. The van der Waals surface area contributed by atoms with E-state index in [0.29, 0.717) is 15.8 Å². The highest BCUT2D eigenvalue weighted by atomic mass is 35.5. The molecule has 1 saturated carbocycles. The lowest BCUT2D eigenvalue weighted by Gasteiger charge is -2.29. The first-order chi connectivity index (χ1) is 10.2. The molecule has 0 radical (unpaired) electrons. The molecule has 0 atom stereocenters. The lowest BCUT2D eigenvalue weighted by atomic mass is 9.94. The number of nitrogens with one attached hydrogen (secondary N) is 1. The molecule has 1 aliphatic carbocycles. The summed E-state index contributed by atoms with van der Waals surface area (Å²) in [7, 11) is 0. The summed E-state index contributed by atoms with van der Waals surface area (Å²) in [5.41, 5.74) is 1.34. The monoisotopic (exact) mass is 320 g/mol. The van der Waals surface area contributed by atoms with Gasteiger partial charge in [-0.15, -0.1) is 0 Å². The van der Waals surface area contributed by atoms with Crippen LogP contribution in [0.2, 0.25) is 5.02 Å². The van der Waals surface area contributed by atoms with E-state index in [2.05, 4.69) is 5.32 Å². The highest BCUT2D eigenvalue weighted by Gasteiger charge is 2.36. The third kappa shape index (κ3) is 2.97. The van der Waals surface area contributed by atoms with Gasteiger partial charge in [0.15, 0.2) is 5.11 Å². The van der Waals surface area contributed by atoms with Crippen LogP contribution in [0.4, 0.5) is 0 Å². The molecule has 21 heavy (non-hydrogen) atoms. The number of hydrogen-bond donors (Lipinski definition) is 1. The van der Waals surface area contributed by atoms with Gasteiger partial charge < -0.3 is 5.32 Å². The molecule has 2 fully saturated rings. The summed E-state index contributed by atoms with van der Waals surface area (Å²) < 4.78 is 0. The van der Waals surface area contributed by atoms with Gasteiger partial charge in [-0.3, -0.25) is 9.69 Å². The number of rotatable bonds is 2. The van der Waals surface area contributed by atoms with E-state index in [1.807, 2.05) is 24.3 Å². The first-order valence-electron chi connectivity index (χ1n) is 7.27. The average molecular weight is 321 g/mol. The number of carbonyl (C=O) groups excluding carboxylic acids is 1. The van der Waals surface area contributed by atoms with E-state index < -0.39 is 0 Å². The van der Waals surface area contributed by atoms with Crippen molar-refractivity contribution in [3.05, 3.63) is 40.5 Å². The van der Waals surface area contributed by atoms with Crippen molar-refractivity contribution in [1.82, 2.24) is 10.2 Å². The third-order valence-corrected chi connectivity index (χ3v) is 4.70. The van der Waals surface area contributed by atoms with Crippen LogP contribution in [0, 0.1) is 0 Å². The molecule has 0 aromatic heterocycles. The normalized spacial score (nSPS) is 22.0. The zero-order valence-electron chi connectivity index (χ0n) is 11.6. The van der Waals surface area contributed by atoms with Gasteiger partial charge in [-0.1, -0.05) is 49.1 Å². The molecule has 0 spiro atoms. The molecule has 110 valence electrons. The minimum Gasteiger partial charge on any atom is -0.328 e. The first kappa shape index (κ1) is 14.5. The summed E-state index contributed by atoms with van der Waals surface area (Å²) in [6, 6.07) is 7.70. The van der Waals surface area contributed by atoms with Gasteiger partial charge in [0.2, 0.25) is 0 Å². The Balaban J connectivity index is 1.84. The smallest absolute Gasteiger partial charge is 0.276 e. The Hall–Kier alpha value is -1.39. The van der Waals surface area contributed by atoms with Gasteiger partial charge in [-0.05, 0) is 42.8 Å². The maximum absolute atomic E-state index is 12.6. The third-order valence-electron chi connectivity index (χ3n) is 4.05. The summed E-state index contributed by atoms with van der Waals surface area (Å²) in [4.78, 5) is 14.3. The number of thiocarbonyl (C=S) groups is 1. The zero-order chi connectivity index (χ0) is 14.8. The Morgan fingerprint density at radius 2 is 1.95 bits per heavy atom. The Bertz CT molecular complexity index is 608. The van der Waals surface area contributed by atoms with Gasteiger partial charge in [0.05, 0.1) is 0 Å². The molecular formula is C16H17ClN2OS. The summed E-state index contributed by atoms with van der Waals surface area (Å²) in [6.07, 6.45) is 7.43. The quantitative estimate of drug-likeness (QED) is 0.665. The molecule has 1 amide bonds. The van der Waals surface area contributed by atoms with Crippen molar-refractivity contribution < 1.29 is 4.79 Å². The SMILES string of the molecule is O=C1/C(=C/c2ccccc2Cl)NC(=S)N1C1CCCCC1. The highest BCUT2D eigenvalue weighted by Crippen LogP contribution is 2.27. The number of amides is 1. The lowest BCUT2D eigenvalue weighted by molar-refractivity contribution is -0.124. The summed E-state index contributed by atoms with van der Waals surface area (Å²) in [5, 5.41) is 4.18. The second kappa shape index (κ2) is 6.16. The summed E-state index contributed by atoms with van der Waals surface area (Å²) >= 11 is 11.5. The zero-order valence-corrected chi connectivity index (χ0v) is 13.2. The van der Waals surface area contributed by atoms with Crippen molar-refractivity contribution in [3.8, 4) is 0 Å². The van der Waals surface area contributed by atoms with Crippen LogP contribution in [0.5, 0.6) is 0 Å². The van der Waals surface area contributed by atoms with Crippen molar-refractivity contribution >= 4 is 40.9 Å². The molecule has 1 aromatic carbocycles. The lowest BCUT2D eigenvalue weighted by Crippen LogP contribution is -2.41. The van der Waals surface area contributed by atoms with Crippen molar-refractivity contribution in [1.29, 1.82) is 0 Å². The van der Waals surface area contributed by atoms with Crippen LogP contribution < -0.4 is 5.32 Å².